The zero-order valence-electron chi connectivity index (χ0n) is 8.52. The molecule has 0 spiro atoms. The lowest BCUT2D eigenvalue weighted by atomic mass is 10.1. The summed E-state index contributed by atoms with van der Waals surface area (Å²) in [5, 5.41) is 1.18. The van der Waals surface area contributed by atoms with E-state index in [9.17, 15) is 0 Å². The van der Waals surface area contributed by atoms with E-state index < -0.39 is 0 Å². The Bertz CT molecular complexity index is 409. The van der Waals surface area contributed by atoms with Gasteiger partial charge in [-0.15, -0.1) is 11.3 Å². The summed E-state index contributed by atoms with van der Waals surface area (Å²) in [7, 11) is 0. The van der Waals surface area contributed by atoms with Crippen molar-refractivity contribution in [2.75, 3.05) is 0 Å². The number of benzene rings is 1. The summed E-state index contributed by atoms with van der Waals surface area (Å²) in [5.41, 5.74) is 6.90. The van der Waals surface area contributed by atoms with Gasteiger partial charge in [-0.1, -0.05) is 30.3 Å². The maximum atomic E-state index is 5.54. The van der Waals surface area contributed by atoms with Crippen LogP contribution in [0.5, 0.6) is 0 Å². The number of thiazole rings is 1. The highest BCUT2D eigenvalue weighted by Crippen LogP contribution is 2.14. The third-order valence-electron chi connectivity index (χ3n) is 2.27. The average Bonchev–Trinajstić information content (AvgIpc) is 2.76. The van der Waals surface area contributed by atoms with Crippen molar-refractivity contribution in [1.29, 1.82) is 0 Å². The molecule has 2 aromatic rings. The van der Waals surface area contributed by atoms with Crippen LogP contribution in [-0.2, 0) is 19.4 Å². The summed E-state index contributed by atoms with van der Waals surface area (Å²) in [5.74, 6) is 0. The van der Waals surface area contributed by atoms with Gasteiger partial charge in [-0.05, 0) is 12.0 Å². The second-order valence-corrected chi connectivity index (χ2v) is 4.61. The van der Waals surface area contributed by atoms with Crippen molar-refractivity contribution in [1.82, 2.24) is 4.98 Å². The van der Waals surface area contributed by atoms with Gasteiger partial charge in [0, 0.05) is 24.0 Å². The summed E-state index contributed by atoms with van der Waals surface area (Å²) in [6.45, 7) is 0.600. The zero-order chi connectivity index (χ0) is 10.5. The van der Waals surface area contributed by atoms with Crippen molar-refractivity contribution in [2.45, 2.75) is 19.4 Å². The Morgan fingerprint density at radius 2 is 1.93 bits per heavy atom. The molecular weight excluding hydrogens is 204 g/mol. The molecule has 15 heavy (non-hydrogen) atoms. The highest BCUT2D eigenvalue weighted by Gasteiger charge is 2.00. The molecule has 0 unspecified atom stereocenters. The Labute approximate surface area is 93.8 Å². The third-order valence-corrected chi connectivity index (χ3v) is 3.35. The van der Waals surface area contributed by atoms with Crippen molar-refractivity contribution in [2.24, 2.45) is 5.73 Å². The van der Waals surface area contributed by atoms with Gasteiger partial charge in [0.15, 0.2) is 0 Å². The normalized spacial score (nSPS) is 10.5. The first-order valence-electron chi connectivity index (χ1n) is 5.06. The van der Waals surface area contributed by atoms with Gasteiger partial charge in [0.05, 0.1) is 5.01 Å². The second-order valence-electron chi connectivity index (χ2n) is 3.41. The monoisotopic (exact) mass is 218 g/mol. The molecule has 0 fully saturated rings. The molecule has 3 heteroatoms. The summed E-state index contributed by atoms with van der Waals surface area (Å²) in [4.78, 5) is 5.51. The van der Waals surface area contributed by atoms with Gasteiger partial charge < -0.3 is 5.73 Å². The minimum absolute atomic E-state index is 0.600. The largest absolute Gasteiger partial charge is 0.326 e. The maximum Gasteiger partial charge on any atom is 0.0931 e. The fraction of sp³-hybridized carbons (Fsp3) is 0.250. The van der Waals surface area contributed by atoms with Crippen molar-refractivity contribution in [3.63, 3.8) is 0 Å². The number of nitrogens with zero attached hydrogens (tertiary/aromatic N) is 1. The maximum absolute atomic E-state index is 5.54. The zero-order valence-corrected chi connectivity index (χ0v) is 9.33. The summed E-state index contributed by atoms with van der Waals surface area (Å²) < 4.78 is 0. The summed E-state index contributed by atoms with van der Waals surface area (Å²) in [6.07, 6.45) is 3.94. The van der Waals surface area contributed by atoms with Crippen molar-refractivity contribution in [3.05, 3.63) is 52.0 Å². The van der Waals surface area contributed by atoms with Crippen LogP contribution in [0.3, 0.4) is 0 Å². The Hall–Kier alpha value is -1.19. The quantitative estimate of drug-likeness (QED) is 0.855. The van der Waals surface area contributed by atoms with E-state index in [0.29, 0.717) is 6.54 Å². The Morgan fingerprint density at radius 3 is 2.60 bits per heavy atom. The number of nitrogens with two attached hydrogens (primary N) is 1. The number of aryl methyl sites for hydroxylation is 2. The lowest BCUT2D eigenvalue weighted by molar-refractivity contribution is 0.943. The molecule has 0 radical (unpaired) electrons. The molecule has 0 atom stereocenters. The lowest BCUT2D eigenvalue weighted by Crippen LogP contribution is -1.91. The molecule has 2 rings (SSSR count). The van der Waals surface area contributed by atoms with E-state index in [1.165, 1.54) is 10.6 Å². The van der Waals surface area contributed by atoms with E-state index >= 15 is 0 Å². The first-order valence-corrected chi connectivity index (χ1v) is 5.87. The van der Waals surface area contributed by atoms with Crippen LogP contribution >= 0.6 is 11.3 Å². The predicted octanol–water partition coefficient (Wildman–Crippen LogP) is 2.39. The van der Waals surface area contributed by atoms with Crippen LogP contribution < -0.4 is 5.73 Å². The first kappa shape index (κ1) is 10.3. The Kier molecular flexibility index (Phi) is 3.48. The summed E-state index contributed by atoms with van der Waals surface area (Å²) >= 11 is 1.72. The standard InChI is InChI=1S/C12H14N2S/c13-8-11-9-14-12(15-11)7-6-10-4-2-1-3-5-10/h1-5,9H,6-8,13H2. The van der Waals surface area contributed by atoms with Crippen LogP contribution in [0.4, 0.5) is 0 Å². The molecule has 1 aromatic heterocycles. The molecule has 0 aliphatic heterocycles. The molecule has 2 nitrogen and oxygen atoms in total. The van der Waals surface area contributed by atoms with Crippen LogP contribution in [0, 0.1) is 0 Å². The smallest absolute Gasteiger partial charge is 0.0931 e. The molecule has 0 amide bonds. The van der Waals surface area contributed by atoms with Crippen LogP contribution in [0.1, 0.15) is 15.4 Å². The lowest BCUT2D eigenvalue weighted by Gasteiger charge is -1.97. The highest BCUT2D eigenvalue weighted by atomic mass is 32.1. The highest BCUT2D eigenvalue weighted by molar-refractivity contribution is 7.11. The van der Waals surface area contributed by atoms with Crippen molar-refractivity contribution < 1.29 is 0 Å². The molecule has 0 aliphatic rings. The molecule has 1 heterocycles. The minimum atomic E-state index is 0.600. The number of hydrogen-bond donors (Lipinski definition) is 1. The molecular formula is C12H14N2S. The van der Waals surface area contributed by atoms with Crippen LogP contribution in [0.25, 0.3) is 0 Å². The molecule has 78 valence electrons. The van der Waals surface area contributed by atoms with E-state index in [1.807, 2.05) is 12.3 Å². The predicted molar refractivity (Wildman–Crippen MR) is 63.9 cm³/mol. The van der Waals surface area contributed by atoms with Crippen LogP contribution in [0.15, 0.2) is 36.5 Å². The van der Waals surface area contributed by atoms with Crippen LogP contribution in [-0.4, -0.2) is 4.98 Å². The summed E-state index contributed by atoms with van der Waals surface area (Å²) in [6, 6.07) is 10.5. The van der Waals surface area contributed by atoms with Gasteiger partial charge >= 0.3 is 0 Å². The molecule has 0 saturated carbocycles. The SMILES string of the molecule is NCc1cnc(CCc2ccccc2)s1. The van der Waals surface area contributed by atoms with E-state index in [2.05, 4.69) is 29.2 Å². The fourth-order valence-electron chi connectivity index (χ4n) is 1.45. The topological polar surface area (TPSA) is 38.9 Å². The van der Waals surface area contributed by atoms with E-state index in [-0.39, 0.29) is 0 Å². The molecule has 0 aliphatic carbocycles. The first-order chi connectivity index (χ1) is 7.38. The van der Waals surface area contributed by atoms with Crippen molar-refractivity contribution >= 4 is 11.3 Å². The molecule has 0 bridgehead atoms. The van der Waals surface area contributed by atoms with E-state index in [1.54, 1.807) is 11.3 Å². The number of rotatable bonds is 4. The second kappa shape index (κ2) is 5.05. The molecule has 2 N–H and O–H groups in total. The van der Waals surface area contributed by atoms with E-state index in [4.69, 9.17) is 5.73 Å². The fourth-order valence-corrected chi connectivity index (χ4v) is 2.25. The van der Waals surface area contributed by atoms with Gasteiger partial charge in [-0.25, -0.2) is 4.98 Å². The number of aromatic nitrogens is 1. The Balaban J connectivity index is 1.93. The average molecular weight is 218 g/mol. The van der Waals surface area contributed by atoms with Gasteiger partial charge in [-0.3, -0.25) is 0 Å². The minimum Gasteiger partial charge on any atom is -0.326 e. The molecule has 0 saturated heterocycles. The van der Waals surface area contributed by atoms with Crippen molar-refractivity contribution in [3.8, 4) is 0 Å². The molecule has 1 aromatic carbocycles. The van der Waals surface area contributed by atoms with Gasteiger partial charge in [0.2, 0.25) is 0 Å². The van der Waals surface area contributed by atoms with Gasteiger partial charge in [0.1, 0.15) is 0 Å². The van der Waals surface area contributed by atoms with Gasteiger partial charge in [0.25, 0.3) is 0 Å². The van der Waals surface area contributed by atoms with Gasteiger partial charge in [-0.2, -0.15) is 0 Å². The Morgan fingerprint density at radius 1 is 1.13 bits per heavy atom. The van der Waals surface area contributed by atoms with E-state index in [0.717, 1.165) is 17.7 Å². The number of hydrogen-bond acceptors (Lipinski definition) is 3. The third kappa shape index (κ3) is 2.88. The van der Waals surface area contributed by atoms with Crippen LogP contribution in [0.2, 0.25) is 0 Å².